The van der Waals surface area contributed by atoms with Crippen LogP contribution in [0, 0.1) is 0 Å². The van der Waals surface area contributed by atoms with E-state index in [-0.39, 0.29) is 11.9 Å². The number of esters is 1. The standard InChI is InChI=1S/C21H38N2O3/c1-4-5-6-7-8-9-10-11-12-14-21(25)26-19(3)23-16-13-15-22-18(2)17-20(23)24/h19H,4-17H2,1-3H3/b22-18-. The van der Waals surface area contributed by atoms with Crippen LogP contribution < -0.4 is 0 Å². The lowest BCUT2D eigenvalue weighted by Crippen LogP contribution is -2.43. The van der Waals surface area contributed by atoms with Gasteiger partial charge in [0.05, 0.1) is 6.42 Å². The third-order valence-corrected chi connectivity index (χ3v) is 4.89. The van der Waals surface area contributed by atoms with Crippen molar-refractivity contribution in [3.8, 4) is 0 Å². The van der Waals surface area contributed by atoms with E-state index in [0.717, 1.165) is 31.5 Å². The smallest absolute Gasteiger partial charge is 0.307 e. The highest BCUT2D eigenvalue weighted by molar-refractivity contribution is 6.00. The summed E-state index contributed by atoms with van der Waals surface area (Å²) in [6.07, 6.45) is 12.1. The molecule has 1 aliphatic rings. The Bertz CT molecular complexity index is 449. The van der Waals surface area contributed by atoms with E-state index in [1.165, 1.54) is 44.9 Å². The number of rotatable bonds is 12. The molecular formula is C21H38N2O3. The van der Waals surface area contributed by atoms with Crippen molar-refractivity contribution in [3.05, 3.63) is 0 Å². The molecule has 0 aliphatic carbocycles. The van der Waals surface area contributed by atoms with Crippen LogP contribution in [0.4, 0.5) is 0 Å². The number of ether oxygens (including phenoxy) is 1. The fourth-order valence-electron chi connectivity index (χ4n) is 3.29. The molecule has 0 aromatic carbocycles. The van der Waals surface area contributed by atoms with Crippen LogP contribution in [-0.2, 0) is 14.3 Å². The van der Waals surface area contributed by atoms with Crippen LogP contribution in [0.2, 0.25) is 0 Å². The fourth-order valence-corrected chi connectivity index (χ4v) is 3.29. The monoisotopic (exact) mass is 366 g/mol. The van der Waals surface area contributed by atoms with Gasteiger partial charge < -0.3 is 9.64 Å². The van der Waals surface area contributed by atoms with Crippen LogP contribution in [0.1, 0.15) is 97.8 Å². The predicted molar refractivity (Wildman–Crippen MR) is 106 cm³/mol. The molecular weight excluding hydrogens is 328 g/mol. The summed E-state index contributed by atoms with van der Waals surface area (Å²) < 4.78 is 5.49. The zero-order chi connectivity index (χ0) is 19.2. The van der Waals surface area contributed by atoms with E-state index in [1.54, 1.807) is 11.8 Å². The maximum absolute atomic E-state index is 12.3. The Hall–Kier alpha value is -1.39. The van der Waals surface area contributed by atoms with Gasteiger partial charge in [-0.1, -0.05) is 58.3 Å². The summed E-state index contributed by atoms with van der Waals surface area (Å²) in [6.45, 7) is 7.23. The summed E-state index contributed by atoms with van der Waals surface area (Å²) in [5.74, 6) is -0.199. The van der Waals surface area contributed by atoms with Crippen molar-refractivity contribution in [1.82, 2.24) is 4.90 Å². The first-order chi connectivity index (χ1) is 12.5. The first kappa shape index (κ1) is 22.7. The minimum absolute atomic E-state index is 0.00526. The molecule has 5 nitrogen and oxygen atoms in total. The van der Waals surface area contributed by atoms with Gasteiger partial charge in [-0.05, 0) is 26.7 Å². The van der Waals surface area contributed by atoms with Crippen LogP contribution in [0.5, 0.6) is 0 Å². The highest BCUT2D eigenvalue weighted by Gasteiger charge is 2.24. The average molecular weight is 367 g/mol. The molecule has 0 saturated heterocycles. The lowest BCUT2D eigenvalue weighted by molar-refractivity contribution is -0.163. The molecule has 150 valence electrons. The van der Waals surface area contributed by atoms with Crippen molar-refractivity contribution in [2.75, 3.05) is 13.1 Å². The summed E-state index contributed by atoms with van der Waals surface area (Å²) in [6, 6.07) is 0. The van der Waals surface area contributed by atoms with Gasteiger partial charge in [-0.2, -0.15) is 0 Å². The lowest BCUT2D eigenvalue weighted by Gasteiger charge is -2.29. The number of carbonyl (C=O) groups excluding carboxylic acids is 2. The van der Waals surface area contributed by atoms with Crippen molar-refractivity contribution in [1.29, 1.82) is 0 Å². The van der Waals surface area contributed by atoms with E-state index in [1.807, 2.05) is 6.92 Å². The van der Waals surface area contributed by atoms with E-state index in [2.05, 4.69) is 11.9 Å². The molecule has 0 aromatic heterocycles. The number of unbranched alkanes of at least 4 members (excludes halogenated alkanes) is 8. The van der Waals surface area contributed by atoms with Gasteiger partial charge in [0.2, 0.25) is 5.91 Å². The van der Waals surface area contributed by atoms with E-state index in [4.69, 9.17) is 4.74 Å². The Morgan fingerprint density at radius 1 is 1.12 bits per heavy atom. The minimum atomic E-state index is -0.487. The Balaban J connectivity index is 2.15. The summed E-state index contributed by atoms with van der Waals surface area (Å²) in [5, 5.41) is 0. The highest BCUT2D eigenvalue weighted by atomic mass is 16.6. The van der Waals surface area contributed by atoms with Gasteiger partial charge in [-0.15, -0.1) is 0 Å². The molecule has 0 bridgehead atoms. The van der Waals surface area contributed by atoms with Crippen LogP contribution in [0.25, 0.3) is 0 Å². The van der Waals surface area contributed by atoms with E-state index in [0.29, 0.717) is 19.4 Å². The molecule has 0 N–H and O–H groups in total. The summed E-state index contributed by atoms with van der Waals surface area (Å²) in [7, 11) is 0. The van der Waals surface area contributed by atoms with E-state index < -0.39 is 6.23 Å². The average Bonchev–Trinajstić information content (AvgIpc) is 2.58. The summed E-state index contributed by atoms with van der Waals surface area (Å²) >= 11 is 0. The van der Waals surface area contributed by atoms with Gasteiger partial charge in [0.1, 0.15) is 0 Å². The third kappa shape index (κ3) is 9.93. The van der Waals surface area contributed by atoms with Gasteiger partial charge in [-0.25, -0.2) is 0 Å². The van der Waals surface area contributed by atoms with Gasteiger partial charge in [0.25, 0.3) is 0 Å². The first-order valence-corrected chi connectivity index (χ1v) is 10.5. The van der Waals surface area contributed by atoms with E-state index >= 15 is 0 Å². The molecule has 1 amide bonds. The second-order valence-electron chi connectivity index (χ2n) is 7.40. The predicted octanol–water partition coefficient (Wildman–Crippen LogP) is 4.88. The molecule has 1 unspecified atom stereocenters. The number of hydrogen-bond acceptors (Lipinski definition) is 4. The molecule has 0 fully saturated rings. The Kier molecular flexibility index (Phi) is 12.0. The van der Waals surface area contributed by atoms with Gasteiger partial charge in [0.15, 0.2) is 6.23 Å². The van der Waals surface area contributed by atoms with Crippen molar-refractivity contribution < 1.29 is 14.3 Å². The Morgan fingerprint density at radius 2 is 1.73 bits per heavy atom. The molecule has 5 heteroatoms. The normalized spacial score (nSPS) is 18.7. The van der Waals surface area contributed by atoms with Crippen LogP contribution in [-0.4, -0.2) is 41.8 Å². The largest absolute Gasteiger partial charge is 0.442 e. The van der Waals surface area contributed by atoms with Crippen LogP contribution >= 0.6 is 0 Å². The van der Waals surface area contributed by atoms with Crippen LogP contribution in [0.15, 0.2) is 4.99 Å². The topological polar surface area (TPSA) is 59.0 Å². The summed E-state index contributed by atoms with van der Waals surface area (Å²) in [5.41, 5.74) is 0.855. The Morgan fingerprint density at radius 3 is 2.38 bits per heavy atom. The maximum atomic E-state index is 12.3. The molecule has 1 aliphatic heterocycles. The quantitative estimate of drug-likeness (QED) is 0.365. The van der Waals surface area contributed by atoms with Crippen molar-refractivity contribution in [2.45, 2.75) is 104 Å². The number of amides is 1. The lowest BCUT2D eigenvalue weighted by atomic mass is 10.1. The summed E-state index contributed by atoms with van der Waals surface area (Å²) in [4.78, 5) is 30.3. The maximum Gasteiger partial charge on any atom is 0.307 e. The fraction of sp³-hybridized carbons (Fsp3) is 0.857. The molecule has 0 spiro atoms. The third-order valence-electron chi connectivity index (χ3n) is 4.89. The molecule has 1 rings (SSSR count). The molecule has 26 heavy (non-hydrogen) atoms. The van der Waals surface area contributed by atoms with Crippen molar-refractivity contribution in [3.63, 3.8) is 0 Å². The zero-order valence-corrected chi connectivity index (χ0v) is 17.1. The van der Waals surface area contributed by atoms with Crippen LogP contribution in [0.3, 0.4) is 0 Å². The molecule has 0 radical (unpaired) electrons. The number of carbonyl (C=O) groups is 2. The van der Waals surface area contributed by atoms with Gasteiger partial charge >= 0.3 is 5.97 Å². The molecule has 1 heterocycles. The Labute approximate surface area is 159 Å². The van der Waals surface area contributed by atoms with Gasteiger partial charge in [-0.3, -0.25) is 14.6 Å². The van der Waals surface area contributed by atoms with E-state index in [9.17, 15) is 9.59 Å². The highest BCUT2D eigenvalue weighted by Crippen LogP contribution is 2.13. The molecule has 0 aromatic rings. The molecule has 0 saturated carbocycles. The number of hydrogen-bond donors (Lipinski definition) is 0. The molecule has 1 atom stereocenters. The zero-order valence-electron chi connectivity index (χ0n) is 17.1. The second-order valence-corrected chi connectivity index (χ2v) is 7.40. The number of nitrogens with zero attached hydrogens (tertiary/aromatic N) is 2. The second kappa shape index (κ2) is 13.8. The van der Waals surface area contributed by atoms with Crippen molar-refractivity contribution in [2.24, 2.45) is 4.99 Å². The SMILES string of the molecule is CCCCCCCCCCCC(=O)OC(C)N1CCC/N=C(/C)CC1=O. The van der Waals surface area contributed by atoms with Gasteiger partial charge in [0, 0.05) is 25.2 Å². The minimum Gasteiger partial charge on any atom is -0.442 e. The first-order valence-electron chi connectivity index (χ1n) is 10.5. The van der Waals surface area contributed by atoms with Crippen molar-refractivity contribution >= 4 is 17.6 Å². The number of aliphatic imine (C=N–C) groups is 1.